The molecule has 3 rings (SSSR count). The second-order valence-corrected chi connectivity index (χ2v) is 8.46. The van der Waals surface area contributed by atoms with Gasteiger partial charge in [0.25, 0.3) is 0 Å². The fourth-order valence-corrected chi connectivity index (χ4v) is 5.46. The van der Waals surface area contributed by atoms with Gasteiger partial charge in [-0.25, -0.2) is 8.42 Å². The first-order chi connectivity index (χ1) is 10.1. The Morgan fingerprint density at radius 2 is 2.05 bits per heavy atom. The van der Waals surface area contributed by atoms with Crippen LogP contribution in [-0.2, 0) is 16.4 Å². The molecule has 0 amide bonds. The van der Waals surface area contributed by atoms with Gasteiger partial charge >= 0.3 is 0 Å². The Morgan fingerprint density at radius 1 is 1.19 bits per heavy atom. The molecule has 1 saturated heterocycles. The Balaban J connectivity index is 2.03. The summed E-state index contributed by atoms with van der Waals surface area (Å²) in [6, 6.07) is 3.36. The van der Waals surface area contributed by atoms with Crippen molar-refractivity contribution in [1.29, 1.82) is 0 Å². The average molecular weight is 328 g/mol. The van der Waals surface area contributed by atoms with E-state index in [0.29, 0.717) is 31.1 Å². The van der Waals surface area contributed by atoms with Crippen molar-refractivity contribution in [3.8, 4) is 5.75 Å². The van der Waals surface area contributed by atoms with Crippen LogP contribution in [0.2, 0.25) is 0 Å². The number of aryl methyl sites for hydroxylation is 1. The van der Waals surface area contributed by atoms with Gasteiger partial charge in [-0.15, -0.1) is 0 Å². The van der Waals surface area contributed by atoms with Gasteiger partial charge < -0.3 is 10.5 Å². The Bertz CT molecular complexity index is 623. The zero-order chi connectivity index (χ0) is 14.9. The normalized spacial score (nSPS) is 20.4. The number of thioether (sulfide) groups is 1. The van der Waals surface area contributed by atoms with E-state index in [9.17, 15) is 8.42 Å². The van der Waals surface area contributed by atoms with Crippen LogP contribution in [0, 0.1) is 0 Å². The van der Waals surface area contributed by atoms with Crippen molar-refractivity contribution in [2.75, 3.05) is 36.9 Å². The van der Waals surface area contributed by atoms with Gasteiger partial charge in [-0.1, -0.05) is 0 Å². The Kier molecular flexibility index (Phi) is 4.33. The van der Waals surface area contributed by atoms with Gasteiger partial charge in [0.1, 0.15) is 10.6 Å². The second kappa shape index (κ2) is 6.06. The van der Waals surface area contributed by atoms with Crippen molar-refractivity contribution in [1.82, 2.24) is 4.31 Å². The van der Waals surface area contributed by atoms with Gasteiger partial charge in [0.05, 0.1) is 6.61 Å². The summed E-state index contributed by atoms with van der Waals surface area (Å²) in [5.41, 5.74) is 7.29. The molecule has 0 unspecified atom stereocenters. The van der Waals surface area contributed by atoms with Crippen LogP contribution in [0.25, 0.3) is 0 Å². The highest BCUT2D eigenvalue weighted by atomic mass is 32.2. The van der Waals surface area contributed by atoms with E-state index in [1.807, 2.05) is 6.07 Å². The molecule has 7 heteroatoms. The van der Waals surface area contributed by atoms with Gasteiger partial charge in [-0.05, 0) is 42.7 Å². The number of benzene rings is 1. The number of anilines is 1. The molecule has 2 aliphatic heterocycles. The molecule has 0 atom stereocenters. The maximum atomic E-state index is 12.9. The van der Waals surface area contributed by atoms with Crippen LogP contribution in [0.4, 0.5) is 5.69 Å². The number of nitrogens with zero attached hydrogens (tertiary/aromatic N) is 1. The fraction of sp³-hybridized carbons (Fsp3) is 0.571. The number of nitrogen functional groups attached to an aromatic ring is 1. The van der Waals surface area contributed by atoms with E-state index in [0.717, 1.165) is 36.3 Å². The van der Waals surface area contributed by atoms with Crippen LogP contribution in [0.5, 0.6) is 5.75 Å². The third-order valence-electron chi connectivity index (χ3n) is 3.79. The fourth-order valence-electron chi connectivity index (χ4n) is 2.76. The largest absolute Gasteiger partial charge is 0.492 e. The minimum atomic E-state index is -3.53. The lowest BCUT2D eigenvalue weighted by Crippen LogP contribution is -2.33. The standard InChI is InChI=1S/C14H20N2O3S2/c15-12-9-11-3-1-6-19-14(11)13(10-12)21(17,18)16-4-2-7-20-8-5-16/h9-10H,1-8,15H2. The quantitative estimate of drug-likeness (QED) is 0.837. The van der Waals surface area contributed by atoms with Crippen molar-refractivity contribution >= 4 is 27.5 Å². The van der Waals surface area contributed by atoms with Crippen molar-refractivity contribution in [3.63, 3.8) is 0 Å². The SMILES string of the molecule is Nc1cc2c(c(S(=O)(=O)N3CCCSCC3)c1)OCCC2. The van der Waals surface area contributed by atoms with E-state index in [2.05, 4.69) is 0 Å². The summed E-state index contributed by atoms with van der Waals surface area (Å²) < 4.78 is 33.1. The predicted molar refractivity (Wildman–Crippen MR) is 85.4 cm³/mol. The monoisotopic (exact) mass is 328 g/mol. The summed E-state index contributed by atoms with van der Waals surface area (Å²) in [5, 5.41) is 0. The first-order valence-electron chi connectivity index (χ1n) is 7.22. The van der Waals surface area contributed by atoms with Crippen LogP contribution in [0.15, 0.2) is 17.0 Å². The molecule has 1 aromatic carbocycles. The lowest BCUT2D eigenvalue weighted by Gasteiger charge is -2.25. The smallest absolute Gasteiger partial charge is 0.246 e. The van der Waals surface area contributed by atoms with E-state index in [1.54, 1.807) is 16.1 Å². The van der Waals surface area contributed by atoms with Gasteiger partial charge in [-0.2, -0.15) is 16.1 Å². The van der Waals surface area contributed by atoms with Gasteiger partial charge in [0, 0.05) is 24.5 Å². The van der Waals surface area contributed by atoms with Crippen LogP contribution in [0.3, 0.4) is 0 Å². The van der Waals surface area contributed by atoms with Gasteiger partial charge in [-0.3, -0.25) is 0 Å². The lowest BCUT2D eigenvalue weighted by molar-refractivity contribution is 0.279. The molecule has 5 nitrogen and oxygen atoms in total. The van der Waals surface area contributed by atoms with E-state index in [-0.39, 0.29) is 4.90 Å². The second-order valence-electron chi connectivity index (χ2n) is 5.33. The van der Waals surface area contributed by atoms with E-state index in [1.165, 1.54) is 6.07 Å². The van der Waals surface area contributed by atoms with Crippen LogP contribution < -0.4 is 10.5 Å². The van der Waals surface area contributed by atoms with E-state index >= 15 is 0 Å². The average Bonchev–Trinajstić information content (AvgIpc) is 2.76. The first kappa shape index (κ1) is 15.0. The van der Waals surface area contributed by atoms with Crippen molar-refractivity contribution in [2.24, 2.45) is 0 Å². The third kappa shape index (κ3) is 3.00. The van der Waals surface area contributed by atoms with Gasteiger partial charge in [0.2, 0.25) is 10.0 Å². The van der Waals surface area contributed by atoms with Crippen LogP contribution in [0.1, 0.15) is 18.4 Å². The number of hydrogen-bond donors (Lipinski definition) is 1. The van der Waals surface area contributed by atoms with Crippen molar-refractivity contribution in [3.05, 3.63) is 17.7 Å². The highest BCUT2D eigenvalue weighted by Crippen LogP contribution is 2.36. The van der Waals surface area contributed by atoms with E-state index < -0.39 is 10.0 Å². The number of nitrogens with two attached hydrogens (primary N) is 1. The molecule has 0 spiro atoms. The molecular formula is C14H20N2O3S2. The summed E-state index contributed by atoms with van der Waals surface area (Å²) in [7, 11) is -3.53. The summed E-state index contributed by atoms with van der Waals surface area (Å²) >= 11 is 1.80. The summed E-state index contributed by atoms with van der Waals surface area (Å²) in [5.74, 6) is 2.36. The lowest BCUT2D eigenvalue weighted by atomic mass is 10.1. The molecule has 0 aliphatic carbocycles. The molecule has 1 aromatic rings. The first-order valence-corrected chi connectivity index (χ1v) is 9.81. The summed E-state index contributed by atoms with van der Waals surface area (Å²) in [6.07, 6.45) is 2.60. The predicted octanol–water partition coefficient (Wildman–Crippen LogP) is 1.72. The summed E-state index contributed by atoms with van der Waals surface area (Å²) in [4.78, 5) is 0.240. The van der Waals surface area contributed by atoms with Gasteiger partial charge in [0.15, 0.2) is 0 Å². The summed E-state index contributed by atoms with van der Waals surface area (Å²) in [6.45, 7) is 1.69. The van der Waals surface area contributed by atoms with Crippen molar-refractivity contribution < 1.29 is 13.2 Å². The van der Waals surface area contributed by atoms with Crippen molar-refractivity contribution in [2.45, 2.75) is 24.2 Å². The zero-order valence-electron chi connectivity index (χ0n) is 11.9. The molecule has 0 aromatic heterocycles. The maximum absolute atomic E-state index is 12.9. The Labute approximate surface area is 129 Å². The topological polar surface area (TPSA) is 72.6 Å². The van der Waals surface area contributed by atoms with Crippen LogP contribution in [-0.4, -0.2) is 43.9 Å². The molecule has 0 radical (unpaired) electrons. The maximum Gasteiger partial charge on any atom is 0.246 e. The number of hydrogen-bond acceptors (Lipinski definition) is 5. The number of ether oxygens (including phenoxy) is 1. The highest BCUT2D eigenvalue weighted by Gasteiger charge is 2.31. The minimum Gasteiger partial charge on any atom is -0.492 e. The molecular weight excluding hydrogens is 308 g/mol. The molecule has 1 fully saturated rings. The molecule has 0 saturated carbocycles. The Morgan fingerprint density at radius 3 is 2.90 bits per heavy atom. The zero-order valence-corrected chi connectivity index (χ0v) is 13.5. The number of rotatable bonds is 2. The highest BCUT2D eigenvalue weighted by molar-refractivity contribution is 7.99. The molecule has 2 N–H and O–H groups in total. The molecule has 2 aliphatic rings. The number of sulfonamides is 1. The molecule has 2 heterocycles. The van der Waals surface area contributed by atoms with E-state index in [4.69, 9.17) is 10.5 Å². The minimum absolute atomic E-state index is 0.240. The molecule has 0 bridgehead atoms. The molecule has 21 heavy (non-hydrogen) atoms. The third-order valence-corrected chi connectivity index (χ3v) is 6.74. The Hall–Kier alpha value is -0.920. The van der Waals surface area contributed by atoms with Crippen LogP contribution >= 0.6 is 11.8 Å². The number of fused-ring (bicyclic) bond motifs is 1. The molecule has 116 valence electrons.